The molecule has 0 amide bonds. The van der Waals surface area contributed by atoms with Crippen molar-refractivity contribution in [2.45, 2.75) is 12.5 Å². The normalized spacial score (nSPS) is 13.5. The van der Waals surface area contributed by atoms with Crippen LogP contribution in [-0.2, 0) is 31.5 Å². The molecule has 8 heteroatoms. The quantitative estimate of drug-likeness (QED) is 0.476. The Hall–Kier alpha value is -1.11. The average Bonchev–Trinajstić information content (AvgIpc) is 1.97. The van der Waals surface area contributed by atoms with Crippen LogP contribution in [0.5, 0.6) is 0 Å². The topological polar surface area (TPSA) is 141 Å². The van der Waals surface area contributed by atoms with Crippen molar-refractivity contribution >= 4 is 17.9 Å². The van der Waals surface area contributed by atoms with E-state index in [0.29, 0.717) is 0 Å². The minimum Gasteiger partial charge on any atom is -0.550 e. The third kappa shape index (κ3) is 4.80. The van der Waals surface area contributed by atoms with Gasteiger partial charge in [0.2, 0.25) is 0 Å². The fourth-order valence-corrected chi connectivity index (χ4v) is 0.668. The Morgan fingerprint density at radius 1 is 1.07 bits per heavy atom. The molecule has 2 atom stereocenters. The number of aliphatic hydroxyl groups excluding tert-OH is 1. The van der Waals surface area contributed by atoms with Gasteiger partial charge in [0.15, 0.2) is 0 Å². The second-order valence-electron chi connectivity index (χ2n) is 2.27. The zero-order chi connectivity index (χ0) is 10.6. The first-order valence-corrected chi connectivity index (χ1v) is 3.16. The van der Waals surface area contributed by atoms with E-state index in [1.54, 1.807) is 0 Å². The SMILES string of the molecule is O=C([O-])CC(C(=O)[O-])C(O)C(=O)[O-].[Fe+3]. The number of aliphatic carboxylic acids is 3. The number of rotatable bonds is 5. The van der Waals surface area contributed by atoms with Crippen LogP contribution in [0, 0.1) is 5.92 Å². The van der Waals surface area contributed by atoms with Gasteiger partial charge in [0.1, 0.15) is 6.10 Å². The number of carbonyl (C=O) groups is 3. The van der Waals surface area contributed by atoms with Crippen LogP contribution in [0.25, 0.3) is 0 Å². The third-order valence-electron chi connectivity index (χ3n) is 1.31. The van der Waals surface area contributed by atoms with E-state index in [1.807, 2.05) is 0 Å². The van der Waals surface area contributed by atoms with Crippen molar-refractivity contribution < 1.29 is 51.9 Å². The molecule has 0 aliphatic carbocycles. The summed E-state index contributed by atoms with van der Waals surface area (Å²) < 4.78 is 0. The number of carboxylic acid groups (broad SMARTS) is 3. The summed E-state index contributed by atoms with van der Waals surface area (Å²) in [4.78, 5) is 30.0. The maximum Gasteiger partial charge on any atom is 3.00 e. The molecule has 0 spiro atoms. The predicted molar refractivity (Wildman–Crippen MR) is 29.1 cm³/mol. The fraction of sp³-hybridized carbons (Fsp3) is 0.500. The molecule has 0 aromatic rings. The minimum atomic E-state index is -2.41. The maximum atomic E-state index is 10.1. The van der Waals surface area contributed by atoms with Crippen molar-refractivity contribution in [1.82, 2.24) is 0 Å². The van der Waals surface area contributed by atoms with Crippen LogP contribution >= 0.6 is 0 Å². The van der Waals surface area contributed by atoms with E-state index in [9.17, 15) is 29.7 Å². The van der Waals surface area contributed by atoms with E-state index < -0.39 is 36.4 Å². The van der Waals surface area contributed by atoms with Crippen LogP contribution in [0.3, 0.4) is 0 Å². The van der Waals surface area contributed by atoms with Gasteiger partial charge in [-0.15, -0.1) is 0 Å². The Balaban J connectivity index is 0. The van der Waals surface area contributed by atoms with Gasteiger partial charge in [0, 0.05) is 17.9 Å². The zero-order valence-corrected chi connectivity index (χ0v) is 7.72. The summed E-state index contributed by atoms with van der Waals surface area (Å²) in [6.07, 6.45) is -3.56. The van der Waals surface area contributed by atoms with Crippen molar-refractivity contribution in [3.05, 3.63) is 0 Å². The monoisotopic (exact) mass is 245 g/mol. The largest absolute Gasteiger partial charge is 3.00 e. The molecule has 14 heavy (non-hydrogen) atoms. The summed E-state index contributed by atoms with van der Waals surface area (Å²) in [5.41, 5.74) is 0. The molecule has 1 radical (unpaired) electrons. The molecule has 7 nitrogen and oxygen atoms in total. The molecule has 0 aliphatic rings. The standard InChI is InChI=1S/C6H8O7.Fe/c7-3(8)1-2(5(10)11)4(9)6(12)13;/h2,4,9H,1H2,(H,7,8)(H,10,11)(H,12,13);/q;+3/p-3. The van der Waals surface area contributed by atoms with Gasteiger partial charge in [-0.05, 0) is 6.42 Å². The summed E-state index contributed by atoms with van der Waals surface area (Å²) in [5.74, 6) is -7.92. The van der Waals surface area contributed by atoms with Crippen LogP contribution in [-0.4, -0.2) is 29.1 Å². The minimum absolute atomic E-state index is 0. The Kier molecular flexibility index (Phi) is 6.98. The van der Waals surface area contributed by atoms with Gasteiger partial charge in [0.05, 0.1) is 5.97 Å². The van der Waals surface area contributed by atoms with E-state index in [1.165, 1.54) is 0 Å². The first kappa shape index (κ1) is 15.4. The first-order chi connectivity index (χ1) is 5.86. The molecule has 1 N–H and O–H groups in total. The second-order valence-corrected chi connectivity index (χ2v) is 2.27. The number of carboxylic acids is 3. The van der Waals surface area contributed by atoms with Crippen molar-refractivity contribution in [3.63, 3.8) is 0 Å². The van der Waals surface area contributed by atoms with Gasteiger partial charge in [-0.25, -0.2) is 0 Å². The molecular formula is C6H5FeO7. The number of carbonyl (C=O) groups excluding carboxylic acids is 3. The number of hydrogen-bond donors (Lipinski definition) is 1. The summed E-state index contributed by atoms with van der Waals surface area (Å²) in [7, 11) is 0. The second kappa shape index (κ2) is 6.36. The molecule has 0 bridgehead atoms. The molecule has 2 unspecified atom stereocenters. The molecule has 0 rings (SSSR count). The molecule has 0 saturated heterocycles. The fourth-order valence-electron chi connectivity index (χ4n) is 0.668. The smallest absolute Gasteiger partial charge is 0.550 e. The van der Waals surface area contributed by atoms with E-state index in [-0.39, 0.29) is 17.1 Å². The third-order valence-corrected chi connectivity index (χ3v) is 1.31. The van der Waals surface area contributed by atoms with Crippen LogP contribution in [0.1, 0.15) is 6.42 Å². The Morgan fingerprint density at radius 3 is 1.71 bits per heavy atom. The molecule has 0 fully saturated rings. The van der Waals surface area contributed by atoms with Crippen LogP contribution < -0.4 is 15.3 Å². The molecular weight excluding hydrogens is 240 g/mol. The zero-order valence-electron chi connectivity index (χ0n) is 6.61. The Bertz CT molecular complexity index is 238. The first-order valence-electron chi connectivity index (χ1n) is 3.16. The maximum absolute atomic E-state index is 10.1. The van der Waals surface area contributed by atoms with Gasteiger partial charge in [0.25, 0.3) is 0 Å². The molecule has 0 aromatic heterocycles. The van der Waals surface area contributed by atoms with Crippen molar-refractivity contribution in [3.8, 4) is 0 Å². The Labute approximate surface area is 88.8 Å². The van der Waals surface area contributed by atoms with Gasteiger partial charge in [-0.1, -0.05) is 0 Å². The van der Waals surface area contributed by atoms with Crippen LogP contribution in [0.2, 0.25) is 0 Å². The van der Waals surface area contributed by atoms with Crippen LogP contribution in [0.15, 0.2) is 0 Å². The average molecular weight is 245 g/mol. The molecule has 0 aliphatic heterocycles. The number of aliphatic hydroxyl groups is 1. The van der Waals surface area contributed by atoms with E-state index >= 15 is 0 Å². The van der Waals surface area contributed by atoms with Gasteiger partial charge >= 0.3 is 17.1 Å². The van der Waals surface area contributed by atoms with Crippen molar-refractivity contribution in [2.75, 3.05) is 0 Å². The van der Waals surface area contributed by atoms with Crippen molar-refractivity contribution in [2.24, 2.45) is 5.92 Å². The van der Waals surface area contributed by atoms with Gasteiger partial charge < -0.3 is 34.8 Å². The van der Waals surface area contributed by atoms with Gasteiger partial charge in [-0.3, -0.25) is 0 Å². The predicted octanol–water partition coefficient (Wildman–Crippen LogP) is -5.40. The summed E-state index contributed by atoms with van der Waals surface area (Å²) >= 11 is 0. The Morgan fingerprint density at radius 2 is 1.50 bits per heavy atom. The van der Waals surface area contributed by atoms with Gasteiger partial charge in [-0.2, -0.15) is 0 Å². The van der Waals surface area contributed by atoms with E-state index in [4.69, 9.17) is 5.11 Å². The molecule has 0 aromatic carbocycles. The summed E-state index contributed by atoms with van der Waals surface area (Å²) in [6, 6.07) is 0. The van der Waals surface area contributed by atoms with E-state index in [2.05, 4.69) is 0 Å². The van der Waals surface area contributed by atoms with Crippen LogP contribution in [0.4, 0.5) is 0 Å². The summed E-state index contributed by atoms with van der Waals surface area (Å²) in [6.45, 7) is 0. The van der Waals surface area contributed by atoms with E-state index in [0.717, 1.165) is 0 Å². The summed E-state index contributed by atoms with van der Waals surface area (Å²) in [5, 5.41) is 38.6. The van der Waals surface area contributed by atoms with Crippen molar-refractivity contribution in [1.29, 1.82) is 0 Å². The molecule has 0 saturated carbocycles. The number of hydrogen-bond acceptors (Lipinski definition) is 7. The molecule has 79 valence electrons. The molecule has 0 heterocycles.